The molecule has 7 aromatic rings. The molecule has 0 aliphatic heterocycles. The van der Waals surface area contributed by atoms with Gasteiger partial charge in [-0.05, 0) is 46.7 Å². The van der Waals surface area contributed by atoms with Crippen LogP contribution in [0.15, 0.2) is 121 Å². The van der Waals surface area contributed by atoms with Crippen LogP contribution in [-0.2, 0) is 26.5 Å². The third-order valence-electron chi connectivity index (χ3n) is 8.90. The van der Waals surface area contributed by atoms with Crippen LogP contribution >= 0.6 is 0 Å². The van der Waals surface area contributed by atoms with Crippen LogP contribution in [-0.4, -0.2) is 19.6 Å². The molecule has 0 aliphatic rings. The number of hydrogen-bond acceptors (Lipinski definition) is 4. The summed E-state index contributed by atoms with van der Waals surface area (Å²) in [6.07, 6.45) is 1.55. The molecule has 0 aliphatic carbocycles. The number of pyridine rings is 1. The van der Waals surface area contributed by atoms with Crippen LogP contribution in [0.2, 0.25) is 0 Å². The average molecular weight is 834 g/mol. The predicted octanol–water partition coefficient (Wildman–Crippen LogP) is 10.9. The number of fused-ring (bicyclic) bond motifs is 1. The van der Waals surface area contributed by atoms with Crippen molar-refractivity contribution in [2.75, 3.05) is 0 Å². The Hall–Kier alpha value is -5.30. The first-order valence-electron chi connectivity index (χ1n) is 16.9. The van der Waals surface area contributed by atoms with Gasteiger partial charge in [-0.2, -0.15) is 5.26 Å². The number of rotatable bonds is 6. The molecule has 0 radical (unpaired) electrons. The van der Waals surface area contributed by atoms with Crippen molar-refractivity contribution < 1.29 is 27.5 Å². The minimum absolute atomic E-state index is 0. The molecular weight excluding hydrogens is 796 g/mol. The summed E-state index contributed by atoms with van der Waals surface area (Å²) in [4.78, 5) is 9.91. The maximum Gasteiger partial charge on any atom is 0.148 e. The van der Waals surface area contributed by atoms with E-state index < -0.39 is 5.89 Å². The van der Waals surface area contributed by atoms with Crippen LogP contribution in [0.25, 0.3) is 61.6 Å². The van der Waals surface area contributed by atoms with Crippen molar-refractivity contribution in [3.05, 3.63) is 144 Å². The zero-order chi connectivity index (χ0) is 35.2. The molecule has 5 aromatic carbocycles. The Labute approximate surface area is 309 Å². The number of benzene rings is 5. The van der Waals surface area contributed by atoms with Gasteiger partial charge in [-0.15, -0.1) is 29.3 Å². The summed E-state index contributed by atoms with van der Waals surface area (Å²) in [6, 6.07) is 43.7. The van der Waals surface area contributed by atoms with E-state index in [-0.39, 0.29) is 32.2 Å². The Balaban J connectivity index is 0.00000448. The van der Waals surface area contributed by atoms with Crippen molar-refractivity contribution in [3.8, 4) is 62.4 Å². The van der Waals surface area contributed by atoms with Gasteiger partial charge in [0.15, 0.2) is 0 Å². The van der Waals surface area contributed by atoms with Crippen molar-refractivity contribution in [2.24, 2.45) is 0 Å². The molecule has 5 nitrogen and oxygen atoms in total. The second kappa shape index (κ2) is 13.9. The summed E-state index contributed by atoms with van der Waals surface area (Å²) in [5.41, 5.74) is 10.1. The Morgan fingerprint density at radius 2 is 1.50 bits per heavy atom. The van der Waals surface area contributed by atoms with Gasteiger partial charge in [0.05, 0.1) is 27.8 Å². The molecule has 0 unspecified atom stereocenters. The van der Waals surface area contributed by atoms with Gasteiger partial charge in [0.1, 0.15) is 17.6 Å². The van der Waals surface area contributed by atoms with E-state index in [0.717, 1.165) is 55.7 Å². The molecule has 2 heterocycles. The second-order valence-corrected chi connectivity index (χ2v) is 13.5. The summed E-state index contributed by atoms with van der Waals surface area (Å²) in [6.45, 7) is 10.00. The van der Waals surface area contributed by atoms with Crippen molar-refractivity contribution in [3.63, 3.8) is 0 Å². The summed E-state index contributed by atoms with van der Waals surface area (Å²) < 4.78 is 11.1. The molecular formula is C44H37N4OPt-. The fourth-order valence-corrected chi connectivity index (χ4v) is 6.36. The summed E-state index contributed by atoms with van der Waals surface area (Å²) in [7, 11) is 0. The van der Waals surface area contributed by atoms with E-state index in [0.29, 0.717) is 22.6 Å². The maximum atomic E-state index is 11.9. The molecule has 7 rings (SSSR count). The molecule has 1 N–H and O–H groups in total. The molecule has 0 saturated heterocycles. The number of aromatic hydroxyl groups is 1. The van der Waals surface area contributed by atoms with Gasteiger partial charge in [-0.25, -0.2) is 4.98 Å². The molecule has 0 spiro atoms. The SMILES string of the molecule is [2H]C(C)(C)c1cc(-c2ccc(C#N)cn2)[c-]c(-c2cccc3c2nc(-c2cccc(C(C)(C)C)c2O)n3-c2ccccc2-c2ccccc2)c1.[Pt]. The van der Waals surface area contributed by atoms with Crippen molar-refractivity contribution in [1.82, 2.24) is 14.5 Å². The van der Waals surface area contributed by atoms with Crippen LogP contribution < -0.4 is 0 Å². The van der Waals surface area contributed by atoms with E-state index in [4.69, 9.17) is 6.35 Å². The monoisotopic (exact) mass is 833 g/mol. The minimum atomic E-state index is -0.905. The van der Waals surface area contributed by atoms with Gasteiger partial charge < -0.3 is 5.11 Å². The molecule has 2 aromatic heterocycles. The van der Waals surface area contributed by atoms with Gasteiger partial charge in [-0.3, -0.25) is 9.55 Å². The number of nitriles is 1. The number of para-hydroxylation sites is 3. The van der Waals surface area contributed by atoms with Gasteiger partial charge >= 0.3 is 0 Å². The van der Waals surface area contributed by atoms with E-state index in [1.165, 1.54) is 0 Å². The Kier molecular flexibility index (Phi) is 9.23. The van der Waals surface area contributed by atoms with Gasteiger partial charge in [0.25, 0.3) is 0 Å². The summed E-state index contributed by atoms with van der Waals surface area (Å²) in [5.74, 6) is -0.0865. The Bertz CT molecular complexity index is 2410. The molecule has 50 heavy (non-hydrogen) atoms. The number of phenolic OH excluding ortho intramolecular Hbond substituents is 1. The number of aromatic nitrogens is 3. The normalized spacial score (nSPS) is 11.9. The van der Waals surface area contributed by atoms with E-state index in [1.807, 2.05) is 92.7 Å². The first-order valence-corrected chi connectivity index (χ1v) is 16.4. The topological polar surface area (TPSA) is 74.7 Å². The first-order chi connectivity index (χ1) is 23.9. The average Bonchev–Trinajstić information content (AvgIpc) is 3.50. The zero-order valence-corrected chi connectivity index (χ0v) is 30.9. The molecule has 0 atom stereocenters. The largest absolute Gasteiger partial charge is 0.507 e. The van der Waals surface area contributed by atoms with E-state index in [1.54, 1.807) is 12.3 Å². The van der Waals surface area contributed by atoms with Crippen molar-refractivity contribution in [2.45, 2.75) is 45.9 Å². The van der Waals surface area contributed by atoms with Gasteiger partial charge in [0, 0.05) is 39.9 Å². The van der Waals surface area contributed by atoms with E-state index >= 15 is 0 Å². The summed E-state index contributed by atoms with van der Waals surface area (Å²) in [5, 5.41) is 21.2. The smallest absolute Gasteiger partial charge is 0.148 e. The molecule has 6 heteroatoms. The third kappa shape index (κ3) is 6.40. The predicted molar refractivity (Wildman–Crippen MR) is 199 cm³/mol. The summed E-state index contributed by atoms with van der Waals surface area (Å²) >= 11 is 0. The quantitative estimate of drug-likeness (QED) is 0.169. The first kappa shape index (κ1) is 33.2. The van der Waals surface area contributed by atoms with E-state index in [2.05, 4.69) is 72.8 Å². The fraction of sp³-hybridized carbons (Fsp3) is 0.159. The number of hydrogen-bond donors (Lipinski definition) is 1. The molecule has 0 fully saturated rings. The minimum Gasteiger partial charge on any atom is -0.507 e. The van der Waals surface area contributed by atoms with Crippen molar-refractivity contribution in [1.29, 1.82) is 5.26 Å². The number of phenols is 1. The number of nitrogens with zero attached hydrogens (tertiary/aromatic N) is 4. The third-order valence-corrected chi connectivity index (χ3v) is 8.90. The zero-order valence-electron chi connectivity index (χ0n) is 29.6. The van der Waals surface area contributed by atoms with Crippen LogP contribution in [0, 0.1) is 17.4 Å². The second-order valence-electron chi connectivity index (χ2n) is 13.5. The van der Waals surface area contributed by atoms with Crippen LogP contribution in [0.1, 0.15) is 58.6 Å². The van der Waals surface area contributed by atoms with Crippen LogP contribution in [0.5, 0.6) is 5.75 Å². The van der Waals surface area contributed by atoms with Gasteiger partial charge in [-0.1, -0.05) is 125 Å². The van der Waals surface area contributed by atoms with E-state index in [9.17, 15) is 10.4 Å². The number of imidazole rings is 1. The fourth-order valence-electron chi connectivity index (χ4n) is 6.36. The van der Waals surface area contributed by atoms with Gasteiger partial charge in [0.2, 0.25) is 0 Å². The maximum absolute atomic E-state index is 11.9. The van der Waals surface area contributed by atoms with Crippen LogP contribution in [0.4, 0.5) is 0 Å². The Morgan fingerprint density at radius 1 is 0.820 bits per heavy atom. The van der Waals surface area contributed by atoms with Crippen LogP contribution in [0.3, 0.4) is 0 Å². The molecule has 0 amide bonds. The Morgan fingerprint density at radius 3 is 2.20 bits per heavy atom. The molecule has 0 bridgehead atoms. The molecule has 250 valence electrons. The molecule has 0 saturated carbocycles. The van der Waals surface area contributed by atoms with Crippen molar-refractivity contribution >= 4 is 11.0 Å². The standard InChI is InChI=1S/C44H37N4O.Pt/c1-28(2)31-23-32(25-33(24-31)38-22-21-29(26-45)27-46-38)35-16-12-20-40-41(35)47-43(36-17-11-18-37(42(36)49)44(3,4)5)48(40)39-19-10-9-15-34(39)30-13-7-6-8-14-30;/h6-24,27-28,49H,1-5H3;/q-1;/i28D;.